The van der Waals surface area contributed by atoms with Crippen LogP contribution in [0, 0.1) is 11.2 Å². The molecule has 1 aromatic rings. The van der Waals surface area contributed by atoms with Gasteiger partial charge in [-0.2, -0.15) is 0 Å². The zero-order valence-corrected chi connectivity index (χ0v) is 16.9. The van der Waals surface area contributed by atoms with Crippen molar-refractivity contribution in [1.29, 1.82) is 0 Å². The number of carbonyl (C=O) groups excluding carboxylic acids is 3. The highest BCUT2D eigenvalue weighted by Crippen LogP contribution is 2.32. The summed E-state index contributed by atoms with van der Waals surface area (Å²) in [5, 5.41) is 12.8. The molecule has 2 N–H and O–H groups in total. The first-order chi connectivity index (χ1) is 13.5. The molecule has 1 aliphatic heterocycles. The van der Waals surface area contributed by atoms with Crippen molar-refractivity contribution in [2.24, 2.45) is 5.41 Å². The summed E-state index contributed by atoms with van der Waals surface area (Å²) in [4.78, 5) is 35.8. The van der Waals surface area contributed by atoms with Gasteiger partial charge < -0.3 is 24.5 Å². The Morgan fingerprint density at radius 1 is 1.31 bits per heavy atom. The zero-order chi connectivity index (χ0) is 21.8. The fourth-order valence-corrected chi connectivity index (χ4v) is 2.69. The summed E-state index contributed by atoms with van der Waals surface area (Å²) in [5.41, 5.74) is -0.713. The van der Waals surface area contributed by atoms with E-state index in [-0.39, 0.29) is 30.1 Å². The Bertz CT molecular complexity index is 793. The maximum absolute atomic E-state index is 14.0. The monoisotopic (exact) mass is 409 g/mol. The molecular weight excluding hydrogens is 384 g/mol. The van der Waals surface area contributed by atoms with Gasteiger partial charge in [-0.3, -0.25) is 9.59 Å². The van der Waals surface area contributed by atoms with Gasteiger partial charge in [-0.1, -0.05) is 6.92 Å². The molecule has 0 spiro atoms. The fraction of sp³-hybridized carbons (Fsp3) is 0.526. The SMILES string of the molecule is CCCC(=O)NC1Cc2cc(F)cc(C(=O)OCOC(=O)C(C)(C)C)c2OB1O. The molecule has 10 heteroatoms. The number of hydrogen-bond acceptors (Lipinski definition) is 7. The molecular formula is C19H25BFNO7. The minimum absolute atomic E-state index is 0.0351. The Hall–Kier alpha value is -2.62. The van der Waals surface area contributed by atoms with Crippen molar-refractivity contribution in [2.45, 2.75) is 52.9 Å². The summed E-state index contributed by atoms with van der Waals surface area (Å²) in [6.07, 6.45) is 0.990. The van der Waals surface area contributed by atoms with E-state index in [2.05, 4.69) is 5.32 Å². The molecule has 0 fully saturated rings. The van der Waals surface area contributed by atoms with Gasteiger partial charge in [0.25, 0.3) is 0 Å². The van der Waals surface area contributed by atoms with Crippen LogP contribution in [-0.2, 0) is 25.5 Å². The summed E-state index contributed by atoms with van der Waals surface area (Å²) in [6.45, 7) is 6.13. The van der Waals surface area contributed by atoms with Crippen LogP contribution in [0.15, 0.2) is 12.1 Å². The van der Waals surface area contributed by atoms with Crippen LogP contribution < -0.4 is 9.97 Å². The van der Waals surface area contributed by atoms with Crippen LogP contribution >= 0.6 is 0 Å². The predicted octanol–water partition coefficient (Wildman–Crippen LogP) is 1.77. The minimum atomic E-state index is -1.42. The third kappa shape index (κ3) is 5.93. The third-order valence-corrected chi connectivity index (χ3v) is 4.19. The lowest BCUT2D eigenvalue weighted by molar-refractivity contribution is -0.161. The van der Waals surface area contributed by atoms with E-state index < -0.39 is 43.0 Å². The van der Waals surface area contributed by atoms with Crippen molar-refractivity contribution in [1.82, 2.24) is 5.32 Å². The molecule has 0 radical (unpaired) electrons. The van der Waals surface area contributed by atoms with Gasteiger partial charge in [-0.05, 0) is 51.3 Å². The van der Waals surface area contributed by atoms with Crippen LogP contribution in [0.5, 0.6) is 5.75 Å². The molecule has 8 nitrogen and oxygen atoms in total. The van der Waals surface area contributed by atoms with E-state index in [0.29, 0.717) is 12.0 Å². The van der Waals surface area contributed by atoms with E-state index in [1.807, 2.05) is 6.92 Å². The second-order valence-electron chi connectivity index (χ2n) is 7.81. The molecule has 29 heavy (non-hydrogen) atoms. The highest BCUT2D eigenvalue weighted by molar-refractivity contribution is 6.47. The van der Waals surface area contributed by atoms with E-state index in [9.17, 15) is 23.8 Å². The van der Waals surface area contributed by atoms with Gasteiger partial charge in [0, 0.05) is 6.42 Å². The number of fused-ring (bicyclic) bond motifs is 1. The van der Waals surface area contributed by atoms with Crippen molar-refractivity contribution in [2.75, 3.05) is 6.79 Å². The molecule has 158 valence electrons. The number of hydrogen-bond donors (Lipinski definition) is 2. The normalized spacial score (nSPS) is 15.8. The highest BCUT2D eigenvalue weighted by Gasteiger charge is 2.38. The summed E-state index contributed by atoms with van der Waals surface area (Å²) in [5.74, 6) is -3.32. The summed E-state index contributed by atoms with van der Waals surface area (Å²) in [7, 11) is -1.42. The minimum Gasteiger partial charge on any atom is -0.534 e. The molecule has 1 heterocycles. The molecule has 2 rings (SSSR count). The van der Waals surface area contributed by atoms with Crippen LogP contribution in [-0.4, -0.2) is 42.7 Å². The summed E-state index contributed by atoms with van der Waals surface area (Å²) < 4.78 is 29.2. The van der Waals surface area contributed by atoms with Gasteiger partial charge in [0.2, 0.25) is 12.7 Å². The van der Waals surface area contributed by atoms with E-state index in [1.54, 1.807) is 20.8 Å². The van der Waals surface area contributed by atoms with Crippen molar-refractivity contribution in [3.63, 3.8) is 0 Å². The van der Waals surface area contributed by atoms with Crippen LogP contribution in [0.3, 0.4) is 0 Å². The Kier molecular flexibility index (Phi) is 7.24. The number of carbonyl (C=O) groups is 3. The Morgan fingerprint density at radius 2 is 2.00 bits per heavy atom. The Morgan fingerprint density at radius 3 is 2.62 bits per heavy atom. The molecule has 1 aliphatic rings. The summed E-state index contributed by atoms with van der Waals surface area (Å²) in [6, 6.07) is 2.08. The molecule has 0 aromatic heterocycles. The van der Waals surface area contributed by atoms with Crippen LogP contribution in [0.1, 0.15) is 56.5 Å². The van der Waals surface area contributed by atoms with Gasteiger partial charge in [0.1, 0.15) is 17.1 Å². The number of benzene rings is 1. The number of nitrogens with one attached hydrogen (secondary N) is 1. The van der Waals surface area contributed by atoms with E-state index >= 15 is 0 Å². The lowest BCUT2D eigenvalue weighted by atomic mass is 9.72. The predicted molar refractivity (Wildman–Crippen MR) is 101 cm³/mol. The second-order valence-corrected chi connectivity index (χ2v) is 7.81. The molecule has 1 unspecified atom stereocenters. The third-order valence-electron chi connectivity index (χ3n) is 4.19. The lowest BCUT2D eigenvalue weighted by Gasteiger charge is -2.29. The molecule has 1 atom stereocenters. The molecule has 1 amide bonds. The number of ether oxygens (including phenoxy) is 2. The number of amides is 1. The Labute approximate surface area is 168 Å². The molecule has 0 saturated heterocycles. The van der Waals surface area contributed by atoms with Gasteiger partial charge in [0.15, 0.2) is 0 Å². The quantitative estimate of drug-likeness (QED) is 0.419. The van der Waals surface area contributed by atoms with E-state index in [0.717, 1.165) is 12.1 Å². The second kappa shape index (κ2) is 9.26. The average molecular weight is 409 g/mol. The smallest absolute Gasteiger partial charge is 0.534 e. The topological polar surface area (TPSA) is 111 Å². The van der Waals surface area contributed by atoms with Gasteiger partial charge in [-0.15, -0.1) is 0 Å². The largest absolute Gasteiger partial charge is 0.547 e. The molecule has 1 aromatic carbocycles. The van der Waals surface area contributed by atoms with Crippen molar-refractivity contribution < 1.29 is 37.9 Å². The number of rotatable bonds is 6. The number of halogens is 1. The van der Waals surface area contributed by atoms with Crippen molar-refractivity contribution in [3.8, 4) is 5.75 Å². The number of esters is 2. The van der Waals surface area contributed by atoms with E-state index in [1.165, 1.54) is 0 Å². The van der Waals surface area contributed by atoms with Crippen molar-refractivity contribution >= 4 is 25.0 Å². The van der Waals surface area contributed by atoms with Crippen molar-refractivity contribution in [3.05, 3.63) is 29.1 Å². The summed E-state index contributed by atoms with van der Waals surface area (Å²) >= 11 is 0. The molecule has 0 bridgehead atoms. The maximum Gasteiger partial charge on any atom is 0.547 e. The molecule has 0 saturated carbocycles. The molecule has 0 aliphatic carbocycles. The Balaban J connectivity index is 2.12. The fourth-order valence-electron chi connectivity index (χ4n) is 2.69. The van der Waals surface area contributed by atoms with Gasteiger partial charge in [-0.25, -0.2) is 9.18 Å². The first-order valence-electron chi connectivity index (χ1n) is 9.33. The van der Waals surface area contributed by atoms with E-state index in [4.69, 9.17) is 14.1 Å². The first kappa shape index (κ1) is 22.7. The van der Waals surface area contributed by atoms with Crippen LogP contribution in [0.25, 0.3) is 0 Å². The van der Waals surface area contributed by atoms with Crippen LogP contribution in [0.2, 0.25) is 0 Å². The van der Waals surface area contributed by atoms with Gasteiger partial charge in [0.05, 0.1) is 11.4 Å². The first-order valence-corrected chi connectivity index (χ1v) is 9.33. The average Bonchev–Trinajstić information content (AvgIpc) is 2.61. The lowest BCUT2D eigenvalue weighted by Crippen LogP contribution is -2.53. The highest BCUT2D eigenvalue weighted by atomic mass is 19.1. The standard InChI is InChI=1S/C19H25BFNO7/c1-5-6-15(23)22-14-8-11-7-12(21)9-13(16(11)29-20(14)26)17(24)27-10-28-18(25)19(2,3)4/h7,9,14,26H,5-6,8,10H2,1-4H3,(H,22,23). The maximum atomic E-state index is 14.0. The zero-order valence-electron chi connectivity index (χ0n) is 16.9. The van der Waals surface area contributed by atoms with Gasteiger partial charge >= 0.3 is 19.1 Å². The van der Waals surface area contributed by atoms with Crippen LogP contribution in [0.4, 0.5) is 4.39 Å².